The topological polar surface area (TPSA) is 42.0 Å². The molecule has 1 aliphatic heterocycles. The molecule has 0 atom stereocenters. The van der Waals surface area contributed by atoms with Gasteiger partial charge in [0, 0.05) is 27.2 Å². The maximum atomic E-state index is 12.1. The van der Waals surface area contributed by atoms with Crippen molar-refractivity contribution >= 4 is 6.03 Å². The van der Waals surface area contributed by atoms with E-state index in [9.17, 15) is 4.79 Å². The molecule has 0 radical (unpaired) electrons. The van der Waals surface area contributed by atoms with Crippen LogP contribution in [-0.2, 0) is 12.8 Å². The first-order valence-electron chi connectivity index (χ1n) is 6.76. The van der Waals surface area contributed by atoms with Crippen molar-refractivity contribution in [2.45, 2.75) is 12.8 Å². The van der Waals surface area contributed by atoms with Gasteiger partial charge in [-0.3, -0.25) is 0 Å². The maximum Gasteiger partial charge on any atom is 0.319 e. The zero-order valence-electron chi connectivity index (χ0n) is 12.6. The molecule has 1 aromatic rings. The van der Waals surface area contributed by atoms with Crippen LogP contribution in [-0.4, -0.2) is 57.2 Å². The first-order valence-corrected chi connectivity index (χ1v) is 6.76. The highest BCUT2D eigenvalue weighted by Gasteiger charge is 2.21. The van der Waals surface area contributed by atoms with Crippen molar-refractivity contribution in [3.8, 4) is 11.5 Å². The van der Waals surface area contributed by atoms with Gasteiger partial charge in [-0.15, -0.1) is 0 Å². The summed E-state index contributed by atoms with van der Waals surface area (Å²) in [5, 5.41) is 0. The van der Waals surface area contributed by atoms with Crippen molar-refractivity contribution in [1.82, 2.24) is 9.80 Å². The van der Waals surface area contributed by atoms with E-state index in [0.717, 1.165) is 37.4 Å². The molecule has 20 heavy (non-hydrogen) atoms. The first kappa shape index (κ1) is 14.5. The van der Waals surface area contributed by atoms with Gasteiger partial charge in [0.15, 0.2) is 11.5 Å². The summed E-state index contributed by atoms with van der Waals surface area (Å²) in [4.78, 5) is 15.6. The van der Waals surface area contributed by atoms with Gasteiger partial charge in [-0.1, -0.05) is 0 Å². The van der Waals surface area contributed by atoms with Crippen molar-refractivity contribution in [2.24, 2.45) is 0 Å². The summed E-state index contributed by atoms with van der Waals surface area (Å²) in [6.45, 7) is 1.47. The Morgan fingerprint density at radius 1 is 1.05 bits per heavy atom. The van der Waals surface area contributed by atoms with E-state index in [1.807, 2.05) is 17.0 Å². The molecule has 0 N–H and O–H groups in total. The number of hydrogen-bond acceptors (Lipinski definition) is 3. The van der Waals surface area contributed by atoms with E-state index in [4.69, 9.17) is 9.47 Å². The largest absolute Gasteiger partial charge is 0.493 e. The molecule has 0 spiro atoms. The number of fused-ring (bicyclic) bond motifs is 1. The lowest BCUT2D eigenvalue weighted by Crippen LogP contribution is -2.40. The second kappa shape index (κ2) is 6.03. The van der Waals surface area contributed by atoms with Crippen LogP contribution < -0.4 is 9.47 Å². The van der Waals surface area contributed by atoms with Gasteiger partial charge >= 0.3 is 6.03 Å². The van der Waals surface area contributed by atoms with Crippen LogP contribution in [0.25, 0.3) is 0 Å². The number of nitrogens with zero attached hydrogens (tertiary/aromatic N) is 2. The number of carbonyl (C=O) groups excluding carboxylic acids is 1. The first-order chi connectivity index (χ1) is 9.56. The molecule has 5 heteroatoms. The monoisotopic (exact) mass is 278 g/mol. The fourth-order valence-electron chi connectivity index (χ4n) is 2.53. The summed E-state index contributed by atoms with van der Waals surface area (Å²) in [6.07, 6.45) is 1.69. The van der Waals surface area contributed by atoms with Crippen LogP contribution >= 0.6 is 0 Å². The van der Waals surface area contributed by atoms with E-state index in [1.165, 1.54) is 11.1 Å². The molecule has 0 saturated heterocycles. The molecule has 0 saturated carbocycles. The SMILES string of the molecule is COc1cc2c(cc1OC)CCN(C(=O)N(C)C)CC2. The number of ether oxygens (including phenoxy) is 2. The van der Waals surface area contributed by atoms with Crippen LogP contribution in [0.3, 0.4) is 0 Å². The Kier molecular flexibility index (Phi) is 4.37. The molecule has 2 amide bonds. The minimum Gasteiger partial charge on any atom is -0.493 e. The Labute approximate surface area is 120 Å². The summed E-state index contributed by atoms with van der Waals surface area (Å²) in [6, 6.07) is 4.12. The van der Waals surface area contributed by atoms with Gasteiger partial charge in [0.05, 0.1) is 14.2 Å². The third-order valence-electron chi connectivity index (χ3n) is 3.66. The van der Waals surface area contributed by atoms with Gasteiger partial charge in [-0.05, 0) is 36.1 Å². The molecule has 2 rings (SSSR count). The minimum atomic E-state index is 0.0664. The van der Waals surface area contributed by atoms with Crippen molar-refractivity contribution in [2.75, 3.05) is 41.4 Å². The number of urea groups is 1. The summed E-state index contributed by atoms with van der Waals surface area (Å²) >= 11 is 0. The van der Waals surface area contributed by atoms with Crippen LogP contribution in [0, 0.1) is 0 Å². The molecular formula is C15H22N2O3. The molecule has 110 valence electrons. The molecule has 0 aromatic heterocycles. The van der Waals surface area contributed by atoms with Crippen molar-refractivity contribution in [3.05, 3.63) is 23.3 Å². The van der Waals surface area contributed by atoms with Crippen molar-refractivity contribution < 1.29 is 14.3 Å². The smallest absolute Gasteiger partial charge is 0.319 e. The van der Waals surface area contributed by atoms with Gasteiger partial charge in [0.1, 0.15) is 0 Å². The summed E-state index contributed by atoms with van der Waals surface area (Å²) in [5.41, 5.74) is 2.47. The zero-order chi connectivity index (χ0) is 14.7. The molecule has 1 aliphatic rings. The van der Waals surface area contributed by atoms with E-state index in [1.54, 1.807) is 33.2 Å². The molecule has 0 bridgehead atoms. The predicted octanol–water partition coefficient (Wildman–Crippen LogP) is 1.79. The van der Waals surface area contributed by atoms with Crippen LogP contribution in [0.5, 0.6) is 11.5 Å². The number of amides is 2. The normalized spacial score (nSPS) is 14.3. The Morgan fingerprint density at radius 2 is 1.50 bits per heavy atom. The summed E-state index contributed by atoms with van der Waals surface area (Å²) < 4.78 is 10.7. The number of methoxy groups -OCH3 is 2. The van der Waals surface area contributed by atoms with E-state index >= 15 is 0 Å². The van der Waals surface area contributed by atoms with E-state index in [0.29, 0.717) is 0 Å². The van der Waals surface area contributed by atoms with Crippen molar-refractivity contribution in [3.63, 3.8) is 0 Å². The molecule has 1 aromatic carbocycles. The quantitative estimate of drug-likeness (QED) is 0.828. The van der Waals surface area contributed by atoms with Crippen LogP contribution in [0.2, 0.25) is 0 Å². The second-order valence-corrected chi connectivity index (χ2v) is 5.14. The Hall–Kier alpha value is -1.91. The molecule has 0 aliphatic carbocycles. The molecule has 0 unspecified atom stereocenters. The highest BCUT2D eigenvalue weighted by molar-refractivity contribution is 5.74. The summed E-state index contributed by atoms with van der Waals surface area (Å²) in [7, 11) is 6.85. The van der Waals surface area contributed by atoms with Crippen LogP contribution in [0.15, 0.2) is 12.1 Å². The number of benzene rings is 1. The maximum absolute atomic E-state index is 12.1. The van der Waals surface area contributed by atoms with Crippen molar-refractivity contribution in [1.29, 1.82) is 0 Å². The van der Waals surface area contributed by atoms with Gasteiger partial charge in [0.2, 0.25) is 0 Å². The second-order valence-electron chi connectivity index (χ2n) is 5.14. The fourth-order valence-corrected chi connectivity index (χ4v) is 2.53. The lowest BCUT2D eigenvalue weighted by molar-refractivity contribution is 0.173. The predicted molar refractivity (Wildman–Crippen MR) is 77.6 cm³/mol. The minimum absolute atomic E-state index is 0.0664. The molecular weight excluding hydrogens is 256 g/mol. The van der Waals surface area contributed by atoms with Crippen LogP contribution in [0.1, 0.15) is 11.1 Å². The molecule has 5 nitrogen and oxygen atoms in total. The highest BCUT2D eigenvalue weighted by atomic mass is 16.5. The van der Waals surface area contributed by atoms with E-state index in [2.05, 4.69) is 0 Å². The standard InChI is InChI=1S/C15H22N2O3/c1-16(2)15(18)17-7-5-11-9-13(19-3)14(20-4)10-12(11)6-8-17/h9-10H,5-8H2,1-4H3. The number of carbonyl (C=O) groups is 1. The molecule has 1 heterocycles. The number of hydrogen-bond donors (Lipinski definition) is 0. The molecule has 0 fully saturated rings. The zero-order valence-corrected chi connectivity index (χ0v) is 12.6. The lowest BCUT2D eigenvalue weighted by Gasteiger charge is -2.24. The van der Waals surface area contributed by atoms with E-state index < -0.39 is 0 Å². The Morgan fingerprint density at radius 3 is 1.85 bits per heavy atom. The average Bonchev–Trinajstić information content (AvgIpc) is 2.66. The fraction of sp³-hybridized carbons (Fsp3) is 0.533. The van der Waals surface area contributed by atoms with Gasteiger partial charge in [-0.2, -0.15) is 0 Å². The average molecular weight is 278 g/mol. The Bertz CT molecular complexity index is 465. The lowest BCUT2D eigenvalue weighted by atomic mass is 10.0. The summed E-state index contributed by atoms with van der Waals surface area (Å²) in [5.74, 6) is 1.50. The van der Waals surface area contributed by atoms with Gasteiger partial charge in [-0.25, -0.2) is 4.79 Å². The van der Waals surface area contributed by atoms with Crippen LogP contribution in [0.4, 0.5) is 4.79 Å². The van der Waals surface area contributed by atoms with Gasteiger partial charge < -0.3 is 19.3 Å². The third kappa shape index (κ3) is 2.81. The Balaban J connectivity index is 2.23. The highest BCUT2D eigenvalue weighted by Crippen LogP contribution is 2.32. The number of rotatable bonds is 2. The third-order valence-corrected chi connectivity index (χ3v) is 3.66. The van der Waals surface area contributed by atoms with E-state index in [-0.39, 0.29) is 6.03 Å². The van der Waals surface area contributed by atoms with Gasteiger partial charge in [0.25, 0.3) is 0 Å².